The fourth-order valence-electron chi connectivity index (χ4n) is 2.36. The quantitative estimate of drug-likeness (QED) is 0.673. The number of hydrogen-bond donors (Lipinski definition) is 1. The predicted octanol–water partition coefficient (Wildman–Crippen LogP) is 4.75. The number of anilines is 1. The highest BCUT2D eigenvalue weighted by atomic mass is 35.5. The first-order valence-electron chi connectivity index (χ1n) is 8.35. The van der Waals surface area contributed by atoms with E-state index < -0.39 is 5.56 Å². The number of nitrogens with zero attached hydrogens (tertiary/aromatic N) is 2. The van der Waals surface area contributed by atoms with Gasteiger partial charge < -0.3 is 14.6 Å². The normalized spacial score (nSPS) is 12.9. The van der Waals surface area contributed by atoms with Crippen molar-refractivity contribution in [3.8, 4) is 5.75 Å². The van der Waals surface area contributed by atoms with Gasteiger partial charge in [0, 0.05) is 5.70 Å². The van der Waals surface area contributed by atoms with Gasteiger partial charge in [-0.25, -0.2) is 8.78 Å². The molecule has 0 spiro atoms. The van der Waals surface area contributed by atoms with Crippen molar-refractivity contribution in [2.75, 3.05) is 12.4 Å². The molecule has 28 heavy (non-hydrogen) atoms. The van der Waals surface area contributed by atoms with Crippen molar-refractivity contribution in [1.82, 2.24) is 9.55 Å². The third-order valence-electron chi connectivity index (χ3n) is 3.92. The molecule has 1 aromatic heterocycles. The van der Waals surface area contributed by atoms with Crippen molar-refractivity contribution in [3.63, 3.8) is 0 Å². The van der Waals surface area contributed by atoms with Crippen LogP contribution < -0.4 is 15.6 Å². The Balaban J connectivity index is 2.53. The molecule has 0 unspecified atom stereocenters. The molecule has 0 saturated heterocycles. The average molecular weight is 408 g/mol. The average Bonchev–Trinajstić information content (AvgIpc) is 2.68. The Kier molecular flexibility index (Phi) is 7.52. The number of methoxy groups -OCH3 is 1. The van der Waals surface area contributed by atoms with Gasteiger partial charge in [0.2, 0.25) is 11.7 Å². The molecule has 0 saturated carbocycles. The summed E-state index contributed by atoms with van der Waals surface area (Å²) in [5.74, 6) is -0.166. The molecule has 0 aliphatic heterocycles. The first kappa shape index (κ1) is 21.4. The van der Waals surface area contributed by atoms with E-state index in [0.717, 1.165) is 5.57 Å². The van der Waals surface area contributed by atoms with Crippen molar-refractivity contribution in [2.45, 2.75) is 20.4 Å². The van der Waals surface area contributed by atoms with E-state index in [-0.39, 0.29) is 35.4 Å². The summed E-state index contributed by atoms with van der Waals surface area (Å²) in [5, 5.41) is 2.87. The van der Waals surface area contributed by atoms with Crippen LogP contribution in [0.4, 0.5) is 14.7 Å². The van der Waals surface area contributed by atoms with Gasteiger partial charge in [0.05, 0.1) is 24.9 Å². The number of nitrogens with one attached hydrogen (secondary N) is 1. The summed E-state index contributed by atoms with van der Waals surface area (Å²) in [6.45, 7) is 3.82. The highest BCUT2D eigenvalue weighted by molar-refractivity contribution is 6.31. The molecule has 1 aromatic carbocycles. The Bertz CT molecular complexity index is 997. The third kappa shape index (κ3) is 5.53. The van der Waals surface area contributed by atoms with Gasteiger partial charge in [-0.1, -0.05) is 29.8 Å². The van der Waals surface area contributed by atoms with Crippen LogP contribution in [0, 0.1) is 5.82 Å². The monoisotopic (exact) mass is 407 g/mol. The van der Waals surface area contributed by atoms with Crippen molar-refractivity contribution in [2.24, 2.45) is 0 Å². The lowest BCUT2D eigenvalue weighted by Gasteiger charge is -2.17. The molecule has 0 fully saturated rings. The van der Waals surface area contributed by atoms with E-state index >= 15 is 0 Å². The standard InChI is InChI=1S/C20H20ClF2N3O2/c1-4-13(2)17(9-15(21)10-22)24-20-25-19(27)18(28-3)12-26(20)11-14-6-5-7-16(23)8-14/h4-10,12H,11H2,1-3H3,(H,24,25,27)/b13-4-,15-10-,17-9+. The van der Waals surface area contributed by atoms with Crippen LogP contribution in [0.3, 0.4) is 0 Å². The van der Waals surface area contributed by atoms with E-state index in [1.165, 1.54) is 31.5 Å². The Morgan fingerprint density at radius 2 is 2.18 bits per heavy atom. The molecule has 148 valence electrons. The van der Waals surface area contributed by atoms with Crippen molar-refractivity contribution in [1.29, 1.82) is 0 Å². The van der Waals surface area contributed by atoms with Gasteiger partial charge >= 0.3 is 5.56 Å². The first-order valence-corrected chi connectivity index (χ1v) is 8.73. The SMILES string of the molecule is C\C=C(C)/C(=C\C(Cl)=C\F)Nc1nc(=O)c(OC)cn1Cc1cccc(F)c1. The van der Waals surface area contributed by atoms with Gasteiger partial charge in [0.25, 0.3) is 0 Å². The van der Waals surface area contributed by atoms with Crippen molar-refractivity contribution >= 4 is 17.5 Å². The third-order valence-corrected chi connectivity index (χ3v) is 4.11. The van der Waals surface area contributed by atoms with E-state index in [9.17, 15) is 13.6 Å². The van der Waals surface area contributed by atoms with Gasteiger partial charge in [0.15, 0.2) is 0 Å². The fraction of sp³-hybridized carbons (Fsp3) is 0.200. The highest BCUT2D eigenvalue weighted by Gasteiger charge is 2.12. The summed E-state index contributed by atoms with van der Waals surface area (Å²) < 4.78 is 32.9. The molecular formula is C20H20ClF2N3O2. The van der Waals surface area contributed by atoms with Crippen LogP contribution in [0.5, 0.6) is 5.75 Å². The number of halogens is 3. The molecule has 8 heteroatoms. The lowest BCUT2D eigenvalue weighted by molar-refractivity contribution is 0.402. The number of hydrogen-bond acceptors (Lipinski definition) is 4. The summed E-state index contributed by atoms with van der Waals surface area (Å²) in [5.41, 5.74) is 1.28. The summed E-state index contributed by atoms with van der Waals surface area (Å²) in [7, 11) is 1.36. The molecule has 1 heterocycles. The molecule has 0 amide bonds. The second-order valence-electron chi connectivity index (χ2n) is 5.84. The maximum atomic E-state index is 13.5. The lowest BCUT2D eigenvalue weighted by atomic mass is 10.2. The van der Waals surface area contributed by atoms with Gasteiger partial charge in [-0.15, -0.1) is 0 Å². The molecule has 1 N–H and O–H groups in total. The van der Waals surface area contributed by atoms with Gasteiger partial charge in [-0.05, 0) is 43.2 Å². The number of rotatable bonds is 7. The number of allylic oxidation sites excluding steroid dienone is 4. The topological polar surface area (TPSA) is 56.1 Å². The molecule has 0 aliphatic rings. The summed E-state index contributed by atoms with van der Waals surface area (Å²) in [6, 6.07) is 6.06. The molecule has 0 bridgehead atoms. The van der Waals surface area contributed by atoms with Crippen LogP contribution in [-0.4, -0.2) is 16.7 Å². The maximum Gasteiger partial charge on any atom is 0.316 e. The Hall–Kier alpha value is -2.93. The van der Waals surface area contributed by atoms with Gasteiger partial charge in [-0.2, -0.15) is 4.98 Å². The van der Waals surface area contributed by atoms with E-state index in [2.05, 4.69) is 10.3 Å². The van der Waals surface area contributed by atoms with Gasteiger partial charge in [0.1, 0.15) is 12.1 Å². The van der Waals surface area contributed by atoms with Crippen LogP contribution in [0.2, 0.25) is 0 Å². The number of benzene rings is 1. The van der Waals surface area contributed by atoms with Crippen LogP contribution >= 0.6 is 11.6 Å². The van der Waals surface area contributed by atoms with E-state index in [1.54, 1.807) is 36.6 Å². The zero-order valence-corrected chi connectivity index (χ0v) is 16.4. The lowest BCUT2D eigenvalue weighted by Crippen LogP contribution is -2.20. The summed E-state index contributed by atoms with van der Waals surface area (Å²) >= 11 is 5.79. The largest absolute Gasteiger partial charge is 0.490 e. The number of aromatic nitrogens is 2. The molecular weight excluding hydrogens is 388 g/mol. The Morgan fingerprint density at radius 1 is 1.43 bits per heavy atom. The molecule has 2 rings (SSSR count). The van der Waals surface area contributed by atoms with E-state index in [0.29, 0.717) is 11.3 Å². The Labute approximate surface area is 166 Å². The Morgan fingerprint density at radius 3 is 2.79 bits per heavy atom. The molecule has 2 aromatic rings. The fourth-order valence-corrected chi connectivity index (χ4v) is 2.47. The zero-order valence-electron chi connectivity index (χ0n) is 15.7. The van der Waals surface area contributed by atoms with Crippen LogP contribution in [0.25, 0.3) is 0 Å². The maximum absolute atomic E-state index is 13.5. The minimum Gasteiger partial charge on any atom is -0.490 e. The summed E-state index contributed by atoms with van der Waals surface area (Å²) in [4.78, 5) is 16.2. The molecule has 5 nitrogen and oxygen atoms in total. The smallest absolute Gasteiger partial charge is 0.316 e. The highest BCUT2D eigenvalue weighted by Crippen LogP contribution is 2.19. The minimum atomic E-state index is -0.579. The first-order chi connectivity index (χ1) is 13.4. The molecule has 0 aliphatic carbocycles. The minimum absolute atomic E-state index is 0.0388. The van der Waals surface area contributed by atoms with Gasteiger partial charge in [-0.3, -0.25) is 4.79 Å². The zero-order chi connectivity index (χ0) is 20.7. The predicted molar refractivity (Wildman–Crippen MR) is 107 cm³/mol. The molecule has 0 radical (unpaired) electrons. The summed E-state index contributed by atoms with van der Waals surface area (Å²) in [6.07, 6.45) is 4.89. The molecule has 0 atom stereocenters. The van der Waals surface area contributed by atoms with Crippen LogP contribution in [0.15, 0.2) is 70.0 Å². The second-order valence-corrected chi connectivity index (χ2v) is 6.28. The number of ether oxygens (including phenoxy) is 1. The van der Waals surface area contributed by atoms with Crippen molar-refractivity contribution in [3.05, 3.63) is 87.0 Å². The second kappa shape index (κ2) is 9.85. The van der Waals surface area contributed by atoms with E-state index in [4.69, 9.17) is 16.3 Å². The van der Waals surface area contributed by atoms with Crippen LogP contribution in [-0.2, 0) is 6.54 Å². The van der Waals surface area contributed by atoms with Crippen molar-refractivity contribution < 1.29 is 13.5 Å². The van der Waals surface area contributed by atoms with E-state index in [1.807, 2.05) is 0 Å². The van der Waals surface area contributed by atoms with Crippen LogP contribution in [0.1, 0.15) is 19.4 Å².